The summed E-state index contributed by atoms with van der Waals surface area (Å²) < 4.78 is 6.31. The molecule has 2 heteroatoms. The Bertz CT molecular complexity index is 2620. The number of para-hydroxylation sites is 1. The van der Waals surface area contributed by atoms with Crippen molar-refractivity contribution < 1.29 is 4.42 Å². The quantitative estimate of drug-likeness (QED) is 0.170. The molecule has 9 aromatic rings. The second-order valence-electron chi connectivity index (χ2n) is 13.0. The van der Waals surface area contributed by atoms with Crippen LogP contribution < -0.4 is 4.90 Å². The minimum Gasteiger partial charge on any atom is -0.456 e. The predicted octanol–water partition coefficient (Wildman–Crippen LogP) is 14.0. The maximum atomic E-state index is 6.31. The van der Waals surface area contributed by atoms with E-state index in [0.717, 1.165) is 50.5 Å². The summed E-state index contributed by atoms with van der Waals surface area (Å²) in [6, 6.07) is 69.2. The number of furan rings is 1. The number of fused-ring (bicyclic) bond motifs is 2. The first-order chi connectivity index (χ1) is 25.2. The fourth-order valence-corrected chi connectivity index (χ4v) is 7.14. The van der Waals surface area contributed by atoms with Crippen LogP contribution in [0.1, 0.15) is 5.56 Å². The summed E-state index contributed by atoms with van der Waals surface area (Å²) in [6.45, 7) is 2.14. The molecule has 0 saturated carbocycles. The maximum absolute atomic E-state index is 6.31. The van der Waals surface area contributed by atoms with Crippen molar-refractivity contribution in [1.82, 2.24) is 0 Å². The Labute approximate surface area is 298 Å². The van der Waals surface area contributed by atoms with Gasteiger partial charge in [0, 0.05) is 33.6 Å². The lowest BCUT2D eigenvalue weighted by Crippen LogP contribution is -2.09. The Hall–Kier alpha value is -6.64. The van der Waals surface area contributed by atoms with Gasteiger partial charge in [-0.05, 0) is 99.6 Å². The van der Waals surface area contributed by atoms with E-state index in [-0.39, 0.29) is 0 Å². The average molecular weight is 654 g/mol. The first-order valence-corrected chi connectivity index (χ1v) is 17.4. The molecule has 9 rings (SSSR count). The van der Waals surface area contributed by atoms with Gasteiger partial charge in [-0.25, -0.2) is 0 Å². The van der Waals surface area contributed by atoms with E-state index in [9.17, 15) is 0 Å². The van der Waals surface area contributed by atoms with Crippen molar-refractivity contribution in [2.75, 3.05) is 4.90 Å². The van der Waals surface area contributed by atoms with Crippen LogP contribution in [0.2, 0.25) is 0 Å². The molecule has 1 heterocycles. The fourth-order valence-electron chi connectivity index (χ4n) is 7.14. The van der Waals surface area contributed by atoms with Crippen molar-refractivity contribution in [1.29, 1.82) is 0 Å². The van der Waals surface area contributed by atoms with Crippen LogP contribution in [0.5, 0.6) is 0 Å². The third kappa shape index (κ3) is 5.88. The number of rotatable bonds is 7. The van der Waals surface area contributed by atoms with Gasteiger partial charge in [0.15, 0.2) is 0 Å². The molecule has 0 radical (unpaired) electrons. The lowest BCUT2D eigenvalue weighted by molar-refractivity contribution is 0.629. The molecule has 2 nitrogen and oxygen atoms in total. The van der Waals surface area contributed by atoms with Gasteiger partial charge in [0.2, 0.25) is 0 Å². The zero-order valence-corrected chi connectivity index (χ0v) is 28.3. The standard InChI is InChI=1S/C49H35NO/c1-34-47-16-7-8-17-48(47)51-49(34)43-15-9-14-41(32-43)40-24-29-45(30-25-40)50(46-31-26-36-12-5-6-13-42(36)33-46)44-27-22-39(23-28-44)38-20-18-37(19-21-38)35-10-3-2-4-11-35/h2-33H,1H3. The van der Waals surface area contributed by atoms with Crippen molar-refractivity contribution in [3.63, 3.8) is 0 Å². The van der Waals surface area contributed by atoms with Crippen molar-refractivity contribution in [3.05, 3.63) is 200 Å². The van der Waals surface area contributed by atoms with Crippen LogP contribution in [0.4, 0.5) is 17.1 Å². The van der Waals surface area contributed by atoms with Crippen molar-refractivity contribution in [2.45, 2.75) is 6.92 Å². The molecule has 51 heavy (non-hydrogen) atoms. The van der Waals surface area contributed by atoms with Gasteiger partial charge < -0.3 is 9.32 Å². The number of nitrogens with zero attached hydrogens (tertiary/aromatic N) is 1. The molecule has 8 aromatic carbocycles. The highest BCUT2D eigenvalue weighted by molar-refractivity contribution is 5.91. The van der Waals surface area contributed by atoms with Gasteiger partial charge >= 0.3 is 0 Å². The van der Waals surface area contributed by atoms with Gasteiger partial charge in [-0.1, -0.05) is 146 Å². The average Bonchev–Trinajstić information content (AvgIpc) is 3.55. The SMILES string of the molecule is Cc1c(-c2cccc(-c3ccc(N(c4ccc(-c5ccc(-c6ccccc6)cc5)cc4)c4ccc5ccccc5c4)cc3)c2)oc2ccccc12. The Kier molecular flexibility index (Phi) is 7.75. The molecule has 242 valence electrons. The highest BCUT2D eigenvalue weighted by Gasteiger charge is 2.16. The van der Waals surface area contributed by atoms with Crippen LogP contribution in [0, 0.1) is 6.92 Å². The Morgan fingerprint density at radius 1 is 0.353 bits per heavy atom. The van der Waals surface area contributed by atoms with Gasteiger partial charge in [0.05, 0.1) is 0 Å². The fraction of sp³-hybridized carbons (Fsp3) is 0.0204. The van der Waals surface area contributed by atoms with E-state index in [1.54, 1.807) is 0 Å². The summed E-state index contributed by atoms with van der Waals surface area (Å²) in [6.07, 6.45) is 0. The zero-order chi connectivity index (χ0) is 34.1. The molecule has 0 bridgehead atoms. The van der Waals surface area contributed by atoms with E-state index in [2.05, 4.69) is 194 Å². The van der Waals surface area contributed by atoms with Crippen LogP contribution in [-0.4, -0.2) is 0 Å². The number of hydrogen-bond acceptors (Lipinski definition) is 2. The van der Waals surface area contributed by atoms with Crippen LogP contribution >= 0.6 is 0 Å². The topological polar surface area (TPSA) is 16.4 Å². The van der Waals surface area contributed by atoms with Gasteiger partial charge in [-0.2, -0.15) is 0 Å². The van der Waals surface area contributed by atoms with E-state index in [1.807, 2.05) is 12.1 Å². The molecule has 0 atom stereocenters. The van der Waals surface area contributed by atoms with Crippen molar-refractivity contribution in [2.24, 2.45) is 0 Å². The molecular weight excluding hydrogens is 619 g/mol. The second kappa shape index (κ2) is 13.0. The summed E-state index contributed by atoms with van der Waals surface area (Å²) in [5.74, 6) is 0.924. The summed E-state index contributed by atoms with van der Waals surface area (Å²) >= 11 is 0. The summed E-state index contributed by atoms with van der Waals surface area (Å²) in [7, 11) is 0. The van der Waals surface area contributed by atoms with E-state index in [0.29, 0.717) is 0 Å². The first kappa shape index (κ1) is 30.4. The van der Waals surface area contributed by atoms with Crippen molar-refractivity contribution in [3.8, 4) is 44.7 Å². The Balaban J connectivity index is 1.05. The first-order valence-electron chi connectivity index (χ1n) is 17.4. The number of hydrogen-bond donors (Lipinski definition) is 0. The van der Waals surface area contributed by atoms with Crippen LogP contribution in [0.15, 0.2) is 199 Å². The lowest BCUT2D eigenvalue weighted by atomic mass is 9.99. The highest BCUT2D eigenvalue weighted by atomic mass is 16.3. The predicted molar refractivity (Wildman–Crippen MR) is 215 cm³/mol. The largest absolute Gasteiger partial charge is 0.456 e. The molecule has 0 aliphatic carbocycles. The van der Waals surface area contributed by atoms with E-state index >= 15 is 0 Å². The summed E-state index contributed by atoms with van der Waals surface area (Å²) in [5.41, 5.74) is 13.6. The molecule has 0 saturated heterocycles. The molecule has 0 amide bonds. The highest BCUT2D eigenvalue weighted by Crippen LogP contribution is 2.39. The van der Waals surface area contributed by atoms with Gasteiger partial charge in [0.25, 0.3) is 0 Å². The van der Waals surface area contributed by atoms with E-state index in [1.165, 1.54) is 38.6 Å². The summed E-state index contributed by atoms with van der Waals surface area (Å²) in [4.78, 5) is 2.34. The molecule has 1 aromatic heterocycles. The molecule has 0 aliphatic heterocycles. The monoisotopic (exact) mass is 653 g/mol. The molecule has 0 unspecified atom stereocenters. The number of benzene rings is 8. The third-order valence-corrected chi connectivity index (χ3v) is 9.87. The van der Waals surface area contributed by atoms with E-state index in [4.69, 9.17) is 4.42 Å². The van der Waals surface area contributed by atoms with Gasteiger partial charge in [-0.3, -0.25) is 0 Å². The maximum Gasteiger partial charge on any atom is 0.138 e. The van der Waals surface area contributed by atoms with Crippen LogP contribution in [0.3, 0.4) is 0 Å². The molecule has 0 aliphatic rings. The molecular formula is C49H35NO. The van der Waals surface area contributed by atoms with Crippen LogP contribution in [-0.2, 0) is 0 Å². The third-order valence-electron chi connectivity index (χ3n) is 9.87. The number of anilines is 3. The minimum absolute atomic E-state index is 0.919. The Morgan fingerprint density at radius 2 is 0.843 bits per heavy atom. The zero-order valence-electron chi connectivity index (χ0n) is 28.3. The minimum atomic E-state index is 0.919. The molecule has 0 fully saturated rings. The normalized spacial score (nSPS) is 11.2. The lowest BCUT2D eigenvalue weighted by Gasteiger charge is -2.26. The second-order valence-corrected chi connectivity index (χ2v) is 13.0. The number of aryl methyl sites for hydroxylation is 1. The van der Waals surface area contributed by atoms with Crippen LogP contribution in [0.25, 0.3) is 66.4 Å². The van der Waals surface area contributed by atoms with E-state index < -0.39 is 0 Å². The van der Waals surface area contributed by atoms with Gasteiger partial charge in [0.1, 0.15) is 11.3 Å². The molecule has 0 spiro atoms. The Morgan fingerprint density at radius 3 is 1.51 bits per heavy atom. The van der Waals surface area contributed by atoms with Crippen molar-refractivity contribution >= 4 is 38.8 Å². The molecule has 0 N–H and O–H groups in total. The van der Waals surface area contributed by atoms with Gasteiger partial charge in [-0.15, -0.1) is 0 Å². The summed E-state index contributed by atoms with van der Waals surface area (Å²) in [5, 5.41) is 3.60. The smallest absolute Gasteiger partial charge is 0.138 e.